The molecule has 1 aliphatic carbocycles. The molecule has 1 aromatic carbocycles. The van der Waals surface area contributed by atoms with E-state index in [1.54, 1.807) is 23.6 Å². The lowest BCUT2D eigenvalue weighted by molar-refractivity contribution is 0.0960. The standard InChI is InChI=1S/C22H19F2N3O2/c1-13-8-19(29-11-15-16(23)4-3-5-17(15)24)21-26-14(2)20(27(21)10-13)18(28)9-22(12-25)6-7-22/h3-5,8,10H,6-7,9,11H2,1-2H3. The van der Waals surface area contributed by atoms with Crippen molar-refractivity contribution in [3.63, 3.8) is 0 Å². The number of imidazole rings is 1. The Morgan fingerprint density at radius 3 is 2.62 bits per heavy atom. The first kappa shape index (κ1) is 19.1. The Morgan fingerprint density at radius 1 is 1.31 bits per heavy atom. The third-order valence-corrected chi connectivity index (χ3v) is 5.28. The molecule has 148 valence electrons. The molecule has 0 spiro atoms. The number of nitrogens with zero attached hydrogens (tertiary/aromatic N) is 3. The number of nitriles is 1. The highest BCUT2D eigenvalue weighted by Gasteiger charge is 2.45. The molecular weight excluding hydrogens is 376 g/mol. The predicted octanol–water partition coefficient (Wildman–Crippen LogP) is 4.68. The van der Waals surface area contributed by atoms with Crippen molar-refractivity contribution in [3.05, 3.63) is 64.6 Å². The summed E-state index contributed by atoms with van der Waals surface area (Å²) in [6.45, 7) is 3.25. The number of halogens is 2. The average molecular weight is 395 g/mol. The highest BCUT2D eigenvalue weighted by molar-refractivity contribution is 5.97. The van der Waals surface area contributed by atoms with Gasteiger partial charge in [0.1, 0.15) is 23.9 Å². The van der Waals surface area contributed by atoms with Crippen LogP contribution >= 0.6 is 0 Å². The maximum Gasteiger partial charge on any atom is 0.183 e. The largest absolute Gasteiger partial charge is 0.485 e. The molecule has 2 aromatic heterocycles. The van der Waals surface area contributed by atoms with Crippen LogP contribution in [0, 0.1) is 42.2 Å². The van der Waals surface area contributed by atoms with Gasteiger partial charge in [0.25, 0.3) is 0 Å². The van der Waals surface area contributed by atoms with Gasteiger partial charge in [0.05, 0.1) is 22.7 Å². The number of benzene rings is 1. The Morgan fingerprint density at radius 2 is 2.00 bits per heavy atom. The molecule has 0 aliphatic heterocycles. The van der Waals surface area contributed by atoms with E-state index in [4.69, 9.17) is 4.74 Å². The number of carbonyl (C=O) groups excluding carboxylic acids is 1. The van der Waals surface area contributed by atoms with Crippen molar-refractivity contribution < 1.29 is 18.3 Å². The van der Waals surface area contributed by atoms with E-state index in [2.05, 4.69) is 11.1 Å². The second kappa shape index (κ2) is 6.96. The highest BCUT2D eigenvalue weighted by Crippen LogP contribution is 2.48. The molecule has 0 saturated heterocycles. The van der Waals surface area contributed by atoms with Crippen LogP contribution in [0.4, 0.5) is 8.78 Å². The fraction of sp³-hybridized carbons (Fsp3) is 0.318. The van der Waals surface area contributed by atoms with Crippen LogP contribution in [0.25, 0.3) is 5.65 Å². The van der Waals surface area contributed by atoms with Crippen LogP contribution < -0.4 is 4.74 Å². The van der Waals surface area contributed by atoms with Gasteiger partial charge in [-0.1, -0.05) is 6.07 Å². The normalized spacial score (nSPS) is 14.6. The molecule has 4 rings (SSSR count). The molecule has 1 fully saturated rings. The SMILES string of the molecule is Cc1cc(OCc2c(F)cccc2F)c2nc(C)c(C(=O)CC3(C#N)CC3)n2c1. The molecule has 7 heteroatoms. The van der Waals surface area contributed by atoms with E-state index in [0.717, 1.165) is 18.4 Å². The van der Waals surface area contributed by atoms with Crippen molar-refractivity contribution in [2.45, 2.75) is 39.7 Å². The molecule has 29 heavy (non-hydrogen) atoms. The molecule has 3 aromatic rings. The number of aryl methyl sites for hydroxylation is 2. The zero-order chi connectivity index (χ0) is 20.8. The second-order valence-corrected chi connectivity index (χ2v) is 7.60. The van der Waals surface area contributed by atoms with Gasteiger partial charge < -0.3 is 4.74 Å². The minimum absolute atomic E-state index is 0.147. The molecule has 0 radical (unpaired) electrons. The third-order valence-electron chi connectivity index (χ3n) is 5.28. The Balaban J connectivity index is 1.69. The molecule has 1 aliphatic rings. The van der Waals surface area contributed by atoms with E-state index in [1.165, 1.54) is 18.2 Å². The van der Waals surface area contributed by atoms with Gasteiger partial charge in [-0.05, 0) is 50.5 Å². The number of hydrogen-bond donors (Lipinski definition) is 0. The van der Waals surface area contributed by atoms with Crippen molar-refractivity contribution in [3.8, 4) is 11.8 Å². The summed E-state index contributed by atoms with van der Waals surface area (Å²) in [5, 5.41) is 9.29. The molecule has 0 N–H and O–H groups in total. The van der Waals surface area contributed by atoms with Crippen molar-refractivity contribution in [1.82, 2.24) is 9.38 Å². The number of carbonyl (C=O) groups is 1. The maximum absolute atomic E-state index is 13.9. The summed E-state index contributed by atoms with van der Waals surface area (Å²) in [7, 11) is 0. The highest BCUT2D eigenvalue weighted by atomic mass is 19.1. The lowest BCUT2D eigenvalue weighted by Gasteiger charge is -2.11. The minimum atomic E-state index is -0.685. The van der Waals surface area contributed by atoms with Crippen LogP contribution in [0.5, 0.6) is 5.75 Å². The first-order chi connectivity index (χ1) is 13.8. The van der Waals surface area contributed by atoms with E-state index >= 15 is 0 Å². The van der Waals surface area contributed by atoms with Crippen LogP contribution in [0.1, 0.15) is 46.6 Å². The van der Waals surface area contributed by atoms with Crippen molar-refractivity contribution in [2.75, 3.05) is 0 Å². The summed E-state index contributed by atoms with van der Waals surface area (Å²) in [4.78, 5) is 17.3. The number of ether oxygens (including phenoxy) is 1. The Bertz CT molecular complexity index is 1150. The first-order valence-electron chi connectivity index (χ1n) is 9.33. The monoisotopic (exact) mass is 395 g/mol. The number of rotatable bonds is 6. The summed E-state index contributed by atoms with van der Waals surface area (Å²) in [5.41, 5.74) is 1.41. The summed E-state index contributed by atoms with van der Waals surface area (Å²) in [6.07, 6.45) is 3.38. The zero-order valence-corrected chi connectivity index (χ0v) is 16.1. The molecule has 0 bridgehead atoms. The number of pyridine rings is 1. The van der Waals surface area contributed by atoms with Crippen molar-refractivity contribution >= 4 is 11.4 Å². The van der Waals surface area contributed by atoms with Crippen LogP contribution in [0.2, 0.25) is 0 Å². The predicted molar refractivity (Wildman–Crippen MR) is 102 cm³/mol. The number of aromatic nitrogens is 2. The Labute approximate surface area is 166 Å². The average Bonchev–Trinajstić information content (AvgIpc) is 3.35. The maximum atomic E-state index is 13.9. The molecular formula is C22H19F2N3O2. The summed E-state index contributed by atoms with van der Waals surface area (Å²) >= 11 is 0. The van der Waals surface area contributed by atoms with E-state index in [1.807, 2.05) is 6.92 Å². The number of hydrogen-bond acceptors (Lipinski definition) is 4. The van der Waals surface area contributed by atoms with E-state index in [9.17, 15) is 18.8 Å². The fourth-order valence-electron chi connectivity index (χ4n) is 3.49. The molecule has 0 amide bonds. The zero-order valence-electron chi connectivity index (χ0n) is 16.1. The van der Waals surface area contributed by atoms with Crippen LogP contribution in [0.15, 0.2) is 30.5 Å². The van der Waals surface area contributed by atoms with Crippen LogP contribution in [-0.2, 0) is 6.61 Å². The van der Waals surface area contributed by atoms with Crippen LogP contribution in [0.3, 0.4) is 0 Å². The van der Waals surface area contributed by atoms with Gasteiger partial charge in [-0.3, -0.25) is 9.20 Å². The lowest BCUT2D eigenvalue weighted by atomic mass is 9.99. The van der Waals surface area contributed by atoms with E-state index in [-0.39, 0.29) is 24.4 Å². The Kier molecular flexibility index (Phi) is 4.58. The quantitative estimate of drug-likeness (QED) is 0.568. The summed E-state index contributed by atoms with van der Waals surface area (Å²) in [6, 6.07) is 7.59. The topological polar surface area (TPSA) is 67.4 Å². The van der Waals surface area contributed by atoms with Gasteiger partial charge in [-0.25, -0.2) is 13.8 Å². The summed E-state index contributed by atoms with van der Waals surface area (Å²) in [5.74, 6) is -1.19. The fourth-order valence-corrected chi connectivity index (χ4v) is 3.49. The molecule has 0 unspecified atom stereocenters. The summed E-state index contributed by atoms with van der Waals surface area (Å²) < 4.78 is 35.2. The Hall–Kier alpha value is -3.27. The number of fused-ring (bicyclic) bond motifs is 1. The smallest absolute Gasteiger partial charge is 0.183 e. The van der Waals surface area contributed by atoms with E-state index in [0.29, 0.717) is 22.8 Å². The first-order valence-corrected chi connectivity index (χ1v) is 9.33. The van der Waals surface area contributed by atoms with Gasteiger partial charge in [-0.15, -0.1) is 0 Å². The lowest BCUT2D eigenvalue weighted by Crippen LogP contribution is -2.12. The van der Waals surface area contributed by atoms with Gasteiger partial charge in [0.2, 0.25) is 0 Å². The molecule has 2 heterocycles. The molecule has 0 atom stereocenters. The van der Waals surface area contributed by atoms with Crippen molar-refractivity contribution in [2.24, 2.45) is 5.41 Å². The number of ketones is 1. The minimum Gasteiger partial charge on any atom is -0.485 e. The van der Waals surface area contributed by atoms with Gasteiger partial charge in [0, 0.05) is 12.6 Å². The van der Waals surface area contributed by atoms with Gasteiger partial charge >= 0.3 is 0 Å². The molecule has 5 nitrogen and oxygen atoms in total. The second-order valence-electron chi connectivity index (χ2n) is 7.60. The molecule has 1 saturated carbocycles. The van der Waals surface area contributed by atoms with Gasteiger partial charge in [0.15, 0.2) is 17.2 Å². The van der Waals surface area contributed by atoms with Crippen molar-refractivity contribution in [1.29, 1.82) is 5.26 Å². The van der Waals surface area contributed by atoms with E-state index < -0.39 is 17.0 Å². The number of Topliss-reactive ketones (excluding diaryl/α,β-unsaturated/α-hetero) is 1. The van der Waals surface area contributed by atoms with Crippen LogP contribution in [-0.4, -0.2) is 15.2 Å². The van der Waals surface area contributed by atoms with Gasteiger partial charge in [-0.2, -0.15) is 5.26 Å². The third kappa shape index (κ3) is 3.46.